The Morgan fingerprint density at radius 1 is 1.64 bits per heavy atom. The largest absolute Gasteiger partial charge is 0.465 e. The lowest BCUT2D eigenvalue weighted by Gasteiger charge is -2.05. The van der Waals surface area contributed by atoms with Crippen molar-refractivity contribution in [2.45, 2.75) is 18.9 Å². The standard InChI is InChI=1S/C8H10FNO/c9-6-3-4-11-8(6)7(10)5-1-2-5/h3-5,7H,1-2,10H2/t7-/m0/s1. The van der Waals surface area contributed by atoms with Gasteiger partial charge in [-0.2, -0.15) is 0 Å². The van der Waals surface area contributed by atoms with E-state index in [4.69, 9.17) is 10.2 Å². The van der Waals surface area contributed by atoms with Crippen LogP contribution in [0, 0.1) is 11.7 Å². The predicted molar refractivity (Wildman–Crippen MR) is 38.3 cm³/mol. The highest BCUT2D eigenvalue weighted by atomic mass is 19.1. The Morgan fingerprint density at radius 3 is 2.82 bits per heavy atom. The van der Waals surface area contributed by atoms with Crippen LogP contribution in [0.25, 0.3) is 0 Å². The van der Waals surface area contributed by atoms with Crippen LogP contribution in [0.5, 0.6) is 0 Å². The van der Waals surface area contributed by atoms with E-state index in [2.05, 4.69) is 0 Å². The summed E-state index contributed by atoms with van der Waals surface area (Å²) in [5.74, 6) is 0.438. The topological polar surface area (TPSA) is 39.2 Å². The van der Waals surface area contributed by atoms with Gasteiger partial charge in [0.1, 0.15) is 0 Å². The molecule has 0 aromatic carbocycles. The molecule has 0 unspecified atom stereocenters. The quantitative estimate of drug-likeness (QED) is 0.707. The normalized spacial score (nSPS) is 20.2. The van der Waals surface area contributed by atoms with Gasteiger partial charge < -0.3 is 10.2 Å². The summed E-state index contributed by atoms with van der Waals surface area (Å²) in [6.45, 7) is 0. The fourth-order valence-electron chi connectivity index (χ4n) is 1.21. The molecule has 0 saturated heterocycles. The summed E-state index contributed by atoms with van der Waals surface area (Å²) < 4.78 is 17.7. The van der Waals surface area contributed by atoms with Crippen molar-refractivity contribution in [3.8, 4) is 0 Å². The second kappa shape index (κ2) is 2.34. The number of hydrogen-bond donors (Lipinski definition) is 1. The van der Waals surface area contributed by atoms with E-state index in [0.717, 1.165) is 12.8 Å². The van der Waals surface area contributed by atoms with Crippen LogP contribution in [0.4, 0.5) is 4.39 Å². The van der Waals surface area contributed by atoms with E-state index < -0.39 is 0 Å². The van der Waals surface area contributed by atoms with Crippen LogP contribution < -0.4 is 5.73 Å². The Kier molecular flexibility index (Phi) is 1.46. The zero-order valence-corrected chi connectivity index (χ0v) is 6.09. The zero-order chi connectivity index (χ0) is 7.84. The van der Waals surface area contributed by atoms with Crippen molar-refractivity contribution in [2.75, 3.05) is 0 Å². The lowest BCUT2D eigenvalue weighted by Crippen LogP contribution is -2.12. The molecule has 1 saturated carbocycles. The van der Waals surface area contributed by atoms with E-state index >= 15 is 0 Å². The van der Waals surface area contributed by atoms with E-state index in [1.807, 2.05) is 0 Å². The minimum Gasteiger partial charge on any atom is -0.465 e. The molecule has 2 N–H and O–H groups in total. The second-order valence-electron chi connectivity index (χ2n) is 3.00. The number of nitrogens with two attached hydrogens (primary N) is 1. The minimum absolute atomic E-state index is 0.231. The summed E-state index contributed by atoms with van der Waals surface area (Å²) in [5.41, 5.74) is 5.71. The zero-order valence-electron chi connectivity index (χ0n) is 6.09. The van der Waals surface area contributed by atoms with Crippen molar-refractivity contribution in [2.24, 2.45) is 11.7 Å². The van der Waals surface area contributed by atoms with Crippen LogP contribution >= 0.6 is 0 Å². The Bertz CT molecular complexity index is 254. The highest BCUT2D eigenvalue weighted by Gasteiger charge is 2.32. The molecule has 1 heterocycles. The van der Waals surface area contributed by atoms with Crippen molar-refractivity contribution >= 4 is 0 Å². The maximum absolute atomic E-state index is 12.8. The molecular weight excluding hydrogens is 145 g/mol. The Morgan fingerprint density at radius 2 is 2.36 bits per heavy atom. The maximum Gasteiger partial charge on any atom is 0.166 e. The molecule has 0 spiro atoms. The van der Waals surface area contributed by atoms with Gasteiger partial charge in [-0.05, 0) is 18.8 Å². The molecule has 1 aliphatic rings. The van der Waals surface area contributed by atoms with Gasteiger partial charge in [-0.1, -0.05) is 0 Å². The van der Waals surface area contributed by atoms with Crippen LogP contribution in [-0.2, 0) is 0 Å². The molecular formula is C8H10FNO. The smallest absolute Gasteiger partial charge is 0.166 e. The van der Waals surface area contributed by atoms with E-state index in [9.17, 15) is 4.39 Å². The second-order valence-corrected chi connectivity index (χ2v) is 3.00. The highest BCUT2D eigenvalue weighted by Crippen LogP contribution is 2.40. The van der Waals surface area contributed by atoms with E-state index in [1.165, 1.54) is 12.3 Å². The van der Waals surface area contributed by atoms with Crippen molar-refractivity contribution in [3.63, 3.8) is 0 Å². The van der Waals surface area contributed by atoms with Crippen LogP contribution in [0.1, 0.15) is 24.6 Å². The molecule has 60 valence electrons. The van der Waals surface area contributed by atoms with Crippen molar-refractivity contribution in [1.29, 1.82) is 0 Å². The molecule has 1 aliphatic carbocycles. The molecule has 1 atom stereocenters. The fourth-order valence-corrected chi connectivity index (χ4v) is 1.21. The molecule has 2 nitrogen and oxygen atoms in total. The van der Waals surface area contributed by atoms with Gasteiger partial charge in [0.15, 0.2) is 11.6 Å². The Labute approximate surface area is 64.2 Å². The van der Waals surface area contributed by atoms with Gasteiger partial charge >= 0.3 is 0 Å². The molecule has 11 heavy (non-hydrogen) atoms. The Balaban J connectivity index is 2.20. The molecule has 1 aromatic heterocycles. The average molecular weight is 155 g/mol. The van der Waals surface area contributed by atoms with Gasteiger partial charge in [0, 0.05) is 6.07 Å². The van der Waals surface area contributed by atoms with Crippen LogP contribution in [-0.4, -0.2) is 0 Å². The average Bonchev–Trinajstić information content (AvgIpc) is 2.74. The van der Waals surface area contributed by atoms with Gasteiger partial charge in [-0.3, -0.25) is 0 Å². The molecule has 0 radical (unpaired) electrons. The number of furan rings is 1. The Hall–Kier alpha value is -0.830. The lowest BCUT2D eigenvalue weighted by atomic mass is 10.1. The molecule has 0 amide bonds. The monoisotopic (exact) mass is 155 g/mol. The third-order valence-corrected chi connectivity index (χ3v) is 2.08. The summed E-state index contributed by atoms with van der Waals surface area (Å²) >= 11 is 0. The van der Waals surface area contributed by atoms with Crippen molar-refractivity contribution in [3.05, 3.63) is 23.9 Å². The van der Waals surface area contributed by atoms with Gasteiger partial charge in [-0.15, -0.1) is 0 Å². The summed E-state index contributed by atoms with van der Waals surface area (Å²) in [7, 11) is 0. The first-order valence-corrected chi connectivity index (χ1v) is 3.77. The first-order chi connectivity index (χ1) is 5.29. The minimum atomic E-state index is -0.315. The van der Waals surface area contributed by atoms with Crippen molar-refractivity contribution in [1.82, 2.24) is 0 Å². The van der Waals surface area contributed by atoms with E-state index in [1.54, 1.807) is 0 Å². The predicted octanol–water partition coefficient (Wildman–Crippen LogP) is 1.83. The summed E-state index contributed by atoms with van der Waals surface area (Å²) in [5, 5.41) is 0. The molecule has 1 fully saturated rings. The first-order valence-electron chi connectivity index (χ1n) is 3.77. The first kappa shape index (κ1) is 6.85. The molecule has 0 aliphatic heterocycles. The van der Waals surface area contributed by atoms with E-state index in [0.29, 0.717) is 11.7 Å². The summed E-state index contributed by atoms with van der Waals surface area (Å²) in [6, 6.07) is 1.07. The highest BCUT2D eigenvalue weighted by molar-refractivity contribution is 5.10. The molecule has 1 aromatic rings. The van der Waals surface area contributed by atoms with Crippen LogP contribution in [0.3, 0.4) is 0 Å². The van der Waals surface area contributed by atoms with Crippen molar-refractivity contribution < 1.29 is 8.81 Å². The van der Waals surface area contributed by atoms with Crippen LogP contribution in [0.2, 0.25) is 0 Å². The molecule has 2 rings (SSSR count). The SMILES string of the molecule is N[C@H](c1occc1F)C1CC1. The molecule has 3 heteroatoms. The van der Waals surface area contributed by atoms with Gasteiger partial charge in [0.05, 0.1) is 12.3 Å². The molecule has 0 bridgehead atoms. The number of rotatable bonds is 2. The van der Waals surface area contributed by atoms with Crippen LogP contribution in [0.15, 0.2) is 16.7 Å². The number of halogens is 1. The summed E-state index contributed by atoms with van der Waals surface area (Å²) in [4.78, 5) is 0. The van der Waals surface area contributed by atoms with Gasteiger partial charge in [0.2, 0.25) is 0 Å². The summed E-state index contributed by atoms with van der Waals surface area (Å²) in [6.07, 6.45) is 3.54. The maximum atomic E-state index is 12.8. The van der Waals surface area contributed by atoms with E-state index in [-0.39, 0.29) is 11.9 Å². The van der Waals surface area contributed by atoms with Gasteiger partial charge in [0.25, 0.3) is 0 Å². The number of hydrogen-bond acceptors (Lipinski definition) is 2. The third kappa shape index (κ3) is 1.16. The van der Waals surface area contributed by atoms with Gasteiger partial charge in [-0.25, -0.2) is 4.39 Å². The lowest BCUT2D eigenvalue weighted by molar-refractivity contribution is 0.413. The fraction of sp³-hybridized carbons (Fsp3) is 0.500. The third-order valence-electron chi connectivity index (χ3n) is 2.08.